The SMILES string of the molecule is CN1C(=CC(=O)CSc2ccccc2C(=O)[O-])C(C)(C)c2ccccc21. The second-order valence-corrected chi connectivity index (χ2v) is 7.79. The number of aromatic carboxylic acids is 1. The van der Waals surface area contributed by atoms with Gasteiger partial charge in [-0.1, -0.05) is 50.2 Å². The summed E-state index contributed by atoms with van der Waals surface area (Å²) in [5.74, 6) is -1.11. The zero-order valence-corrected chi connectivity index (χ0v) is 15.8. The van der Waals surface area contributed by atoms with Crippen LogP contribution >= 0.6 is 11.8 Å². The molecule has 0 aromatic heterocycles. The number of allylic oxidation sites excluding steroid dienone is 2. The van der Waals surface area contributed by atoms with E-state index in [1.165, 1.54) is 23.4 Å². The number of fused-ring (bicyclic) bond motifs is 1. The Labute approximate surface area is 157 Å². The van der Waals surface area contributed by atoms with Crippen LogP contribution in [0.3, 0.4) is 0 Å². The maximum atomic E-state index is 12.6. The largest absolute Gasteiger partial charge is 0.545 e. The molecule has 134 valence electrons. The number of rotatable bonds is 5. The third kappa shape index (κ3) is 3.27. The highest BCUT2D eigenvalue weighted by Gasteiger charge is 2.38. The van der Waals surface area contributed by atoms with E-state index in [1.807, 2.05) is 30.1 Å². The zero-order chi connectivity index (χ0) is 18.9. The van der Waals surface area contributed by atoms with Gasteiger partial charge in [0.2, 0.25) is 0 Å². The summed E-state index contributed by atoms with van der Waals surface area (Å²) in [6, 6.07) is 14.7. The van der Waals surface area contributed by atoms with Gasteiger partial charge in [-0.15, -0.1) is 11.8 Å². The van der Waals surface area contributed by atoms with Crippen LogP contribution in [-0.4, -0.2) is 24.6 Å². The Balaban J connectivity index is 1.79. The van der Waals surface area contributed by atoms with Crippen molar-refractivity contribution in [2.24, 2.45) is 0 Å². The van der Waals surface area contributed by atoms with Crippen molar-refractivity contribution in [3.8, 4) is 0 Å². The second kappa shape index (κ2) is 7.00. The van der Waals surface area contributed by atoms with Crippen molar-refractivity contribution in [1.82, 2.24) is 0 Å². The van der Waals surface area contributed by atoms with Crippen LogP contribution in [0.4, 0.5) is 5.69 Å². The fraction of sp³-hybridized carbons (Fsp3) is 0.238. The molecule has 26 heavy (non-hydrogen) atoms. The van der Waals surface area contributed by atoms with Crippen molar-refractivity contribution < 1.29 is 14.7 Å². The predicted octanol–water partition coefficient (Wildman–Crippen LogP) is 3.02. The van der Waals surface area contributed by atoms with Crippen LogP contribution in [0.25, 0.3) is 0 Å². The van der Waals surface area contributed by atoms with E-state index < -0.39 is 5.97 Å². The highest BCUT2D eigenvalue weighted by molar-refractivity contribution is 8.00. The van der Waals surface area contributed by atoms with Crippen LogP contribution in [0.15, 0.2) is 65.2 Å². The van der Waals surface area contributed by atoms with Gasteiger partial charge in [0.1, 0.15) is 0 Å². The summed E-state index contributed by atoms with van der Waals surface area (Å²) in [5, 5.41) is 11.2. The summed E-state index contributed by atoms with van der Waals surface area (Å²) in [6.45, 7) is 4.21. The van der Waals surface area contributed by atoms with Gasteiger partial charge in [-0.05, 0) is 17.7 Å². The highest BCUT2D eigenvalue weighted by atomic mass is 32.2. The monoisotopic (exact) mass is 366 g/mol. The molecule has 2 aromatic carbocycles. The van der Waals surface area contributed by atoms with Crippen LogP contribution in [-0.2, 0) is 10.2 Å². The molecule has 0 bridgehead atoms. The number of carboxylic acid groups (broad SMARTS) is 1. The molecule has 0 amide bonds. The van der Waals surface area contributed by atoms with Crippen LogP contribution in [0.2, 0.25) is 0 Å². The van der Waals surface area contributed by atoms with Crippen LogP contribution in [0.1, 0.15) is 29.8 Å². The molecule has 0 saturated heterocycles. The Morgan fingerprint density at radius 3 is 2.46 bits per heavy atom. The molecule has 0 atom stereocenters. The van der Waals surface area contributed by atoms with Gasteiger partial charge in [0, 0.05) is 40.4 Å². The molecule has 1 heterocycles. The standard InChI is InChI=1S/C21H21NO3S/c1-21(2)16-9-5-6-10-17(16)22(3)19(21)12-14(23)13-26-18-11-7-4-8-15(18)20(24)25/h4-12H,13H2,1-3H3,(H,24,25)/p-1. The third-order valence-electron chi connectivity index (χ3n) is 4.72. The summed E-state index contributed by atoms with van der Waals surface area (Å²) in [7, 11) is 1.96. The maximum absolute atomic E-state index is 12.6. The Bertz CT molecular complexity index is 902. The van der Waals surface area contributed by atoms with Gasteiger partial charge in [-0.3, -0.25) is 4.79 Å². The number of para-hydroxylation sites is 1. The van der Waals surface area contributed by atoms with E-state index in [9.17, 15) is 14.7 Å². The van der Waals surface area contributed by atoms with E-state index in [0.29, 0.717) is 4.90 Å². The molecule has 0 unspecified atom stereocenters. The first-order valence-corrected chi connectivity index (χ1v) is 9.32. The first-order chi connectivity index (χ1) is 12.3. The molecular formula is C21H20NO3S-. The lowest BCUT2D eigenvalue weighted by atomic mass is 9.83. The molecule has 1 aliphatic rings. The molecule has 0 radical (unpaired) electrons. The Morgan fingerprint density at radius 2 is 1.77 bits per heavy atom. The number of ketones is 1. The minimum absolute atomic E-state index is 0.0501. The Hall–Kier alpha value is -2.53. The summed E-state index contributed by atoms with van der Waals surface area (Å²) < 4.78 is 0. The van der Waals surface area contributed by atoms with E-state index >= 15 is 0 Å². The van der Waals surface area contributed by atoms with Gasteiger partial charge in [0.15, 0.2) is 5.78 Å². The molecule has 3 rings (SSSR count). The number of hydrogen-bond donors (Lipinski definition) is 0. The number of anilines is 1. The predicted molar refractivity (Wildman–Crippen MR) is 102 cm³/mol. The van der Waals surface area contributed by atoms with Crippen molar-refractivity contribution in [2.75, 3.05) is 17.7 Å². The fourth-order valence-electron chi connectivity index (χ4n) is 3.36. The zero-order valence-electron chi connectivity index (χ0n) is 15.0. The van der Waals surface area contributed by atoms with E-state index in [-0.39, 0.29) is 22.5 Å². The first-order valence-electron chi connectivity index (χ1n) is 8.34. The van der Waals surface area contributed by atoms with E-state index in [0.717, 1.165) is 11.4 Å². The smallest absolute Gasteiger partial charge is 0.167 e. The quantitative estimate of drug-likeness (QED) is 0.601. The molecule has 0 fully saturated rings. The number of likely N-dealkylation sites (N-methyl/N-ethyl adjacent to an activating group) is 1. The van der Waals surface area contributed by atoms with E-state index in [4.69, 9.17) is 0 Å². The van der Waals surface area contributed by atoms with Gasteiger partial charge in [-0.2, -0.15) is 0 Å². The molecule has 4 nitrogen and oxygen atoms in total. The van der Waals surface area contributed by atoms with Crippen molar-refractivity contribution in [3.63, 3.8) is 0 Å². The van der Waals surface area contributed by atoms with E-state index in [1.54, 1.807) is 24.3 Å². The Kier molecular flexibility index (Phi) is 4.92. The van der Waals surface area contributed by atoms with Crippen molar-refractivity contribution in [3.05, 3.63) is 71.4 Å². The summed E-state index contributed by atoms with van der Waals surface area (Å²) in [6.07, 6.45) is 1.68. The molecule has 0 spiro atoms. The van der Waals surface area contributed by atoms with E-state index in [2.05, 4.69) is 19.9 Å². The lowest BCUT2D eigenvalue weighted by molar-refractivity contribution is -0.255. The Morgan fingerprint density at radius 1 is 1.12 bits per heavy atom. The number of thioether (sulfide) groups is 1. The summed E-state index contributed by atoms with van der Waals surface area (Å²) >= 11 is 1.22. The minimum Gasteiger partial charge on any atom is -0.545 e. The number of nitrogens with zero attached hydrogens (tertiary/aromatic N) is 1. The lowest BCUT2D eigenvalue weighted by Gasteiger charge is -2.24. The van der Waals surface area contributed by atoms with Gasteiger partial charge in [0.05, 0.1) is 11.7 Å². The second-order valence-electron chi connectivity index (χ2n) is 6.77. The molecule has 2 aromatic rings. The van der Waals surface area contributed by atoms with Crippen molar-refractivity contribution in [2.45, 2.75) is 24.2 Å². The van der Waals surface area contributed by atoms with Gasteiger partial charge < -0.3 is 14.8 Å². The van der Waals surface area contributed by atoms with Crippen LogP contribution in [0, 0.1) is 0 Å². The average molecular weight is 366 g/mol. The highest BCUT2D eigenvalue weighted by Crippen LogP contribution is 2.46. The van der Waals surface area contributed by atoms with Crippen LogP contribution < -0.4 is 10.0 Å². The number of carboxylic acids is 1. The summed E-state index contributed by atoms with van der Waals surface area (Å²) in [4.78, 5) is 26.3. The minimum atomic E-state index is -1.23. The maximum Gasteiger partial charge on any atom is 0.167 e. The molecule has 0 N–H and O–H groups in total. The van der Waals surface area contributed by atoms with Gasteiger partial charge in [-0.25, -0.2) is 0 Å². The van der Waals surface area contributed by atoms with Gasteiger partial charge >= 0.3 is 0 Å². The van der Waals surface area contributed by atoms with Crippen molar-refractivity contribution >= 4 is 29.2 Å². The normalized spacial score (nSPS) is 16.6. The molecule has 0 aliphatic carbocycles. The fourth-order valence-corrected chi connectivity index (χ4v) is 4.23. The molecule has 1 aliphatic heterocycles. The molecular weight excluding hydrogens is 346 g/mol. The lowest BCUT2D eigenvalue weighted by Crippen LogP contribution is -2.24. The third-order valence-corrected chi connectivity index (χ3v) is 5.81. The first kappa shape index (κ1) is 18.3. The number of benzene rings is 2. The van der Waals surface area contributed by atoms with Gasteiger partial charge in [0.25, 0.3) is 0 Å². The van der Waals surface area contributed by atoms with Crippen molar-refractivity contribution in [1.29, 1.82) is 0 Å². The molecule has 5 heteroatoms. The topological polar surface area (TPSA) is 60.4 Å². The summed E-state index contributed by atoms with van der Waals surface area (Å²) in [5.41, 5.74) is 3.10. The van der Waals surface area contributed by atoms with Crippen LogP contribution in [0.5, 0.6) is 0 Å². The number of carbonyl (C=O) groups is 2. The number of hydrogen-bond acceptors (Lipinski definition) is 5. The molecule has 0 saturated carbocycles. The number of carbonyl (C=O) groups excluding carboxylic acids is 2. The average Bonchev–Trinajstić information content (AvgIpc) is 2.81.